The molecule has 2 N–H and O–H groups in total. The first-order chi connectivity index (χ1) is 9.38. The predicted molar refractivity (Wildman–Crippen MR) is 77.7 cm³/mol. The zero-order valence-corrected chi connectivity index (χ0v) is 12.2. The van der Waals surface area contributed by atoms with Gasteiger partial charge in [0.05, 0.1) is 16.3 Å². The number of anilines is 1. The lowest BCUT2D eigenvalue weighted by molar-refractivity contribution is 0.0698. The highest BCUT2D eigenvalue weighted by Crippen LogP contribution is 2.23. The van der Waals surface area contributed by atoms with Crippen LogP contribution in [0.5, 0.6) is 0 Å². The van der Waals surface area contributed by atoms with Gasteiger partial charge in [0.25, 0.3) is 5.91 Å². The van der Waals surface area contributed by atoms with E-state index >= 15 is 0 Å². The molecule has 0 spiro atoms. The monoisotopic (exact) mass is 290 g/mol. The van der Waals surface area contributed by atoms with Gasteiger partial charge in [-0.1, -0.05) is 6.07 Å². The third-order valence-corrected chi connectivity index (χ3v) is 3.57. The van der Waals surface area contributed by atoms with Crippen molar-refractivity contribution in [1.82, 2.24) is 4.98 Å². The predicted octanol–water partition coefficient (Wildman–Crippen LogP) is 3.02. The standard InChI is InChI=1S/C14H14N2O3S/c1-7-4-8(2)12(10(5-7)14(18)19)16-13(17)11-6-20-9(3)15-11/h4-6H,1-3H3,(H,16,17)(H,18,19). The van der Waals surface area contributed by atoms with Gasteiger partial charge >= 0.3 is 5.97 Å². The molecular weight excluding hydrogens is 276 g/mol. The van der Waals surface area contributed by atoms with Gasteiger partial charge in [0.1, 0.15) is 5.69 Å². The summed E-state index contributed by atoms with van der Waals surface area (Å²) >= 11 is 1.37. The maximum absolute atomic E-state index is 12.1. The number of hydrogen-bond donors (Lipinski definition) is 2. The molecule has 0 aliphatic rings. The largest absolute Gasteiger partial charge is 0.478 e. The molecule has 1 aromatic heterocycles. The average molecular weight is 290 g/mol. The topological polar surface area (TPSA) is 79.3 Å². The van der Waals surface area contributed by atoms with Crippen molar-refractivity contribution in [3.05, 3.63) is 44.9 Å². The van der Waals surface area contributed by atoms with E-state index in [0.717, 1.165) is 10.6 Å². The van der Waals surface area contributed by atoms with Crippen molar-refractivity contribution in [3.63, 3.8) is 0 Å². The number of aryl methyl sites for hydroxylation is 3. The van der Waals surface area contributed by atoms with Crippen molar-refractivity contribution in [2.45, 2.75) is 20.8 Å². The molecule has 0 unspecified atom stereocenters. The lowest BCUT2D eigenvalue weighted by Gasteiger charge is -2.12. The van der Waals surface area contributed by atoms with Crippen molar-refractivity contribution >= 4 is 28.9 Å². The first-order valence-corrected chi connectivity index (χ1v) is 6.84. The number of amides is 1. The summed E-state index contributed by atoms with van der Waals surface area (Å²) in [5, 5.41) is 14.3. The number of rotatable bonds is 3. The molecule has 1 heterocycles. The van der Waals surface area contributed by atoms with Gasteiger partial charge in [0.2, 0.25) is 0 Å². The number of nitrogens with one attached hydrogen (secondary N) is 1. The second-order valence-electron chi connectivity index (χ2n) is 4.52. The molecule has 0 saturated heterocycles. The van der Waals surface area contributed by atoms with Crippen LogP contribution in [0.25, 0.3) is 0 Å². The Kier molecular flexibility index (Phi) is 3.85. The molecule has 1 amide bonds. The van der Waals surface area contributed by atoms with E-state index in [2.05, 4.69) is 10.3 Å². The second kappa shape index (κ2) is 5.42. The summed E-state index contributed by atoms with van der Waals surface area (Å²) < 4.78 is 0. The maximum atomic E-state index is 12.1. The van der Waals surface area contributed by atoms with Crippen LogP contribution in [0.1, 0.15) is 37.0 Å². The van der Waals surface area contributed by atoms with Crippen LogP contribution in [0.3, 0.4) is 0 Å². The molecule has 0 saturated carbocycles. The summed E-state index contributed by atoms with van der Waals surface area (Å²) in [5.74, 6) is -1.47. The van der Waals surface area contributed by atoms with E-state index in [1.807, 2.05) is 13.0 Å². The van der Waals surface area contributed by atoms with Crippen LogP contribution in [0.15, 0.2) is 17.5 Å². The van der Waals surface area contributed by atoms with Gasteiger partial charge in [-0.15, -0.1) is 11.3 Å². The Labute approximate surface area is 120 Å². The highest BCUT2D eigenvalue weighted by molar-refractivity contribution is 7.09. The van der Waals surface area contributed by atoms with Gasteiger partial charge in [0, 0.05) is 5.38 Å². The van der Waals surface area contributed by atoms with E-state index in [1.165, 1.54) is 17.4 Å². The van der Waals surface area contributed by atoms with Gasteiger partial charge in [0.15, 0.2) is 0 Å². The Bertz CT molecular complexity index is 692. The van der Waals surface area contributed by atoms with Crippen LogP contribution >= 0.6 is 11.3 Å². The minimum atomic E-state index is -1.07. The summed E-state index contributed by atoms with van der Waals surface area (Å²) in [6.45, 7) is 5.39. The van der Waals surface area contributed by atoms with Gasteiger partial charge in [-0.2, -0.15) is 0 Å². The number of carbonyl (C=O) groups excluding carboxylic acids is 1. The van der Waals surface area contributed by atoms with Crippen LogP contribution < -0.4 is 5.32 Å². The number of benzene rings is 1. The Balaban J connectivity index is 2.38. The Morgan fingerprint density at radius 3 is 2.50 bits per heavy atom. The molecule has 104 valence electrons. The molecule has 0 radical (unpaired) electrons. The first-order valence-electron chi connectivity index (χ1n) is 5.96. The molecule has 0 atom stereocenters. The number of hydrogen-bond acceptors (Lipinski definition) is 4. The molecule has 0 aliphatic carbocycles. The summed E-state index contributed by atoms with van der Waals surface area (Å²) in [4.78, 5) is 27.5. The zero-order valence-electron chi connectivity index (χ0n) is 11.4. The SMILES string of the molecule is Cc1cc(C)c(NC(=O)c2csc(C)n2)c(C(=O)O)c1. The van der Waals surface area contributed by atoms with Crippen molar-refractivity contribution in [2.24, 2.45) is 0 Å². The summed E-state index contributed by atoms with van der Waals surface area (Å²) in [6, 6.07) is 3.37. The van der Waals surface area contributed by atoms with Crippen molar-refractivity contribution in [2.75, 3.05) is 5.32 Å². The Hall–Kier alpha value is -2.21. The van der Waals surface area contributed by atoms with E-state index in [0.29, 0.717) is 16.9 Å². The van der Waals surface area contributed by atoms with Crippen molar-refractivity contribution in [1.29, 1.82) is 0 Å². The molecule has 0 bridgehead atoms. The minimum absolute atomic E-state index is 0.0859. The molecule has 5 nitrogen and oxygen atoms in total. The molecule has 0 aliphatic heterocycles. The van der Waals surface area contributed by atoms with Gasteiger partial charge in [-0.25, -0.2) is 9.78 Å². The highest BCUT2D eigenvalue weighted by Gasteiger charge is 2.17. The maximum Gasteiger partial charge on any atom is 0.337 e. The number of nitrogens with zero attached hydrogens (tertiary/aromatic N) is 1. The average Bonchev–Trinajstić information content (AvgIpc) is 2.78. The van der Waals surface area contributed by atoms with E-state index in [9.17, 15) is 14.7 Å². The number of carboxylic acid groups (broad SMARTS) is 1. The van der Waals surface area contributed by atoms with Gasteiger partial charge in [-0.3, -0.25) is 4.79 Å². The van der Waals surface area contributed by atoms with Crippen LogP contribution in [-0.2, 0) is 0 Å². The van der Waals surface area contributed by atoms with Crippen LogP contribution in [0, 0.1) is 20.8 Å². The zero-order chi connectivity index (χ0) is 14.9. The lowest BCUT2D eigenvalue weighted by atomic mass is 10.0. The van der Waals surface area contributed by atoms with Crippen LogP contribution in [0.4, 0.5) is 5.69 Å². The van der Waals surface area contributed by atoms with E-state index in [-0.39, 0.29) is 5.56 Å². The van der Waals surface area contributed by atoms with Gasteiger partial charge < -0.3 is 10.4 Å². The molecule has 1 aromatic carbocycles. The van der Waals surface area contributed by atoms with E-state index in [4.69, 9.17) is 0 Å². The minimum Gasteiger partial charge on any atom is -0.478 e. The Morgan fingerprint density at radius 2 is 1.95 bits per heavy atom. The fraction of sp³-hybridized carbons (Fsp3) is 0.214. The third-order valence-electron chi connectivity index (χ3n) is 2.80. The lowest BCUT2D eigenvalue weighted by Crippen LogP contribution is -2.16. The van der Waals surface area contributed by atoms with Gasteiger partial charge in [-0.05, 0) is 38.0 Å². The first kappa shape index (κ1) is 14.2. The highest BCUT2D eigenvalue weighted by atomic mass is 32.1. The van der Waals surface area contributed by atoms with E-state index in [1.54, 1.807) is 19.2 Å². The molecule has 2 aromatic rings. The van der Waals surface area contributed by atoms with Crippen LogP contribution in [0.2, 0.25) is 0 Å². The number of thiazole rings is 1. The molecule has 20 heavy (non-hydrogen) atoms. The summed E-state index contributed by atoms with van der Waals surface area (Å²) in [7, 11) is 0. The summed E-state index contributed by atoms with van der Waals surface area (Å²) in [5.41, 5.74) is 2.25. The fourth-order valence-electron chi connectivity index (χ4n) is 1.95. The third kappa shape index (κ3) is 2.85. The van der Waals surface area contributed by atoms with Crippen LogP contribution in [-0.4, -0.2) is 22.0 Å². The number of carbonyl (C=O) groups is 2. The number of aromatic nitrogens is 1. The second-order valence-corrected chi connectivity index (χ2v) is 5.58. The van der Waals surface area contributed by atoms with E-state index < -0.39 is 11.9 Å². The molecular formula is C14H14N2O3S. The normalized spacial score (nSPS) is 10.3. The Morgan fingerprint density at radius 1 is 1.25 bits per heavy atom. The number of aromatic carboxylic acids is 1. The summed E-state index contributed by atoms with van der Waals surface area (Å²) in [6.07, 6.45) is 0. The fourth-order valence-corrected chi connectivity index (χ4v) is 2.54. The molecule has 6 heteroatoms. The smallest absolute Gasteiger partial charge is 0.337 e. The van der Waals surface area contributed by atoms with Crippen molar-refractivity contribution in [3.8, 4) is 0 Å². The quantitative estimate of drug-likeness (QED) is 0.910. The molecule has 2 rings (SSSR count). The molecule has 0 fully saturated rings. The van der Waals surface area contributed by atoms with Crippen molar-refractivity contribution < 1.29 is 14.7 Å². The number of carboxylic acids is 1.